The van der Waals surface area contributed by atoms with Gasteiger partial charge in [0.25, 0.3) is 5.91 Å². The van der Waals surface area contributed by atoms with Crippen molar-refractivity contribution in [3.8, 4) is 16.9 Å². The van der Waals surface area contributed by atoms with Crippen molar-refractivity contribution < 1.29 is 23.8 Å². The second-order valence-electron chi connectivity index (χ2n) is 6.00. The summed E-state index contributed by atoms with van der Waals surface area (Å²) in [6.07, 6.45) is 1.52. The van der Waals surface area contributed by atoms with Gasteiger partial charge in [-0.1, -0.05) is 31.5 Å². The molecule has 2 aromatic rings. The topological polar surface area (TPSA) is 75.6 Å². The molecule has 0 aromatic heterocycles. The number of rotatable bonds is 8. The highest BCUT2D eigenvalue weighted by Crippen LogP contribution is 2.33. The summed E-state index contributed by atoms with van der Waals surface area (Å²) in [7, 11) is 0. The molecule has 2 N–H and O–H groups in total. The van der Waals surface area contributed by atoms with Gasteiger partial charge in [0, 0.05) is 16.6 Å². The molecule has 0 atom stereocenters. The first-order valence-corrected chi connectivity index (χ1v) is 8.98. The number of ether oxygens (including phenoxy) is 1. The molecule has 0 saturated carbocycles. The highest BCUT2D eigenvalue weighted by atomic mass is 35.5. The van der Waals surface area contributed by atoms with Crippen LogP contribution in [0.25, 0.3) is 11.1 Å². The molecule has 0 fully saturated rings. The van der Waals surface area contributed by atoms with Crippen molar-refractivity contribution in [1.82, 2.24) is 5.32 Å². The van der Waals surface area contributed by atoms with Crippen molar-refractivity contribution in [2.75, 3.05) is 6.61 Å². The standard InChI is InChI=1S/C20H21ClFNO4/c1-3-14(4-2)23-20(26)15-7-5-12(9-17(15)22)16-10-13(21)6-8-18(16)27-11-19(24)25/h5-10,14H,3-4,11H2,1-2H3,(H,23,26)(H,24,25). The van der Waals surface area contributed by atoms with E-state index < -0.39 is 24.3 Å². The molecule has 0 heterocycles. The predicted octanol–water partition coefficient (Wildman–Crippen LogP) is 4.53. The minimum Gasteiger partial charge on any atom is -0.481 e. The molecule has 7 heteroatoms. The number of aliphatic carboxylic acids is 1. The highest BCUT2D eigenvalue weighted by molar-refractivity contribution is 6.31. The third-order valence-electron chi connectivity index (χ3n) is 4.14. The molecule has 2 aromatic carbocycles. The van der Waals surface area contributed by atoms with E-state index in [0.29, 0.717) is 16.1 Å². The SMILES string of the molecule is CCC(CC)NC(=O)c1ccc(-c2cc(Cl)ccc2OCC(=O)O)cc1F. The monoisotopic (exact) mass is 393 g/mol. The van der Waals surface area contributed by atoms with Crippen molar-refractivity contribution in [1.29, 1.82) is 0 Å². The summed E-state index contributed by atoms with van der Waals surface area (Å²) in [5, 5.41) is 12.0. The van der Waals surface area contributed by atoms with Gasteiger partial charge in [0.1, 0.15) is 11.6 Å². The summed E-state index contributed by atoms with van der Waals surface area (Å²) in [6, 6.07) is 8.79. The highest BCUT2D eigenvalue weighted by Gasteiger charge is 2.17. The Hall–Kier alpha value is -2.60. The number of carbonyl (C=O) groups excluding carboxylic acids is 1. The summed E-state index contributed by atoms with van der Waals surface area (Å²) < 4.78 is 19.8. The van der Waals surface area contributed by atoms with Crippen LogP contribution in [0.3, 0.4) is 0 Å². The third-order valence-corrected chi connectivity index (χ3v) is 4.37. The Morgan fingerprint density at radius 1 is 1.19 bits per heavy atom. The molecular formula is C20H21ClFNO4. The average molecular weight is 394 g/mol. The zero-order valence-electron chi connectivity index (χ0n) is 15.1. The van der Waals surface area contributed by atoms with Crippen LogP contribution in [-0.4, -0.2) is 29.6 Å². The first-order valence-electron chi connectivity index (χ1n) is 8.60. The van der Waals surface area contributed by atoms with E-state index in [2.05, 4.69) is 5.32 Å². The Morgan fingerprint density at radius 2 is 1.89 bits per heavy atom. The van der Waals surface area contributed by atoms with Crippen LogP contribution in [0.1, 0.15) is 37.0 Å². The van der Waals surface area contributed by atoms with Gasteiger partial charge in [0.05, 0.1) is 5.56 Å². The van der Waals surface area contributed by atoms with Crippen LogP contribution in [0.2, 0.25) is 5.02 Å². The van der Waals surface area contributed by atoms with Gasteiger partial charge in [-0.25, -0.2) is 9.18 Å². The molecule has 0 aliphatic heterocycles. The van der Waals surface area contributed by atoms with E-state index in [1.54, 1.807) is 18.2 Å². The number of benzene rings is 2. The van der Waals surface area contributed by atoms with E-state index >= 15 is 0 Å². The minimum absolute atomic E-state index is 0.0134. The van der Waals surface area contributed by atoms with Crippen molar-refractivity contribution in [2.24, 2.45) is 0 Å². The van der Waals surface area contributed by atoms with Gasteiger partial charge in [-0.05, 0) is 48.7 Å². The molecule has 144 valence electrons. The molecule has 2 rings (SSSR count). The zero-order chi connectivity index (χ0) is 20.0. The van der Waals surface area contributed by atoms with Crippen molar-refractivity contribution in [3.05, 3.63) is 52.8 Å². The summed E-state index contributed by atoms with van der Waals surface area (Å²) in [5.41, 5.74) is 0.810. The Labute approximate surface area is 162 Å². The maximum atomic E-state index is 14.6. The number of amides is 1. The molecule has 0 unspecified atom stereocenters. The molecule has 0 saturated heterocycles. The van der Waals surface area contributed by atoms with Gasteiger partial charge < -0.3 is 15.2 Å². The number of carbonyl (C=O) groups is 2. The molecule has 0 radical (unpaired) electrons. The second kappa shape index (κ2) is 9.37. The summed E-state index contributed by atoms with van der Waals surface area (Å²) in [6.45, 7) is 3.37. The first kappa shape index (κ1) is 20.7. The van der Waals surface area contributed by atoms with Gasteiger partial charge in [-0.3, -0.25) is 4.79 Å². The van der Waals surface area contributed by atoms with Crippen LogP contribution in [0.4, 0.5) is 4.39 Å². The largest absolute Gasteiger partial charge is 0.481 e. The van der Waals surface area contributed by atoms with Crippen LogP contribution in [-0.2, 0) is 4.79 Å². The Morgan fingerprint density at radius 3 is 2.48 bits per heavy atom. The minimum atomic E-state index is -1.13. The Balaban J connectivity index is 2.33. The first-order chi connectivity index (χ1) is 12.8. The number of halogens is 2. The maximum Gasteiger partial charge on any atom is 0.341 e. The molecule has 0 aliphatic carbocycles. The van der Waals surface area contributed by atoms with E-state index in [-0.39, 0.29) is 17.4 Å². The van der Waals surface area contributed by atoms with Gasteiger partial charge in [-0.15, -0.1) is 0 Å². The van der Waals surface area contributed by atoms with Gasteiger partial charge >= 0.3 is 5.97 Å². The molecule has 0 spiro atoms. The fraction of sp³-hybridized carbons (Fsp3) is 0.300. The van der Waals surface area contributed by atoms with E-state index in [4.69, 9.17) is 21.4 Å². The van der Waals surface area contributed by atoms with Gasteiger partial charge in [0.2, 0.25) is 0 Å². The van der Waals surface area contributed by atoms with Crippen LogP contribution in [0.15, 0.2) is 36.4 Å². The summed E-state index contributed by atoms with van der Waals surface area (Å²) >= 11 is 6.01. The van der Waals surface area contributed by atoms with E-state index in [1.165, 1.54) is 18.2 Å². The fourth-order valence-electron chi connectivity index (χ4n) is 2.62. The molecule has 0 aliphatic rings. The smallest absolute Gasteiger partial charge is 0.341 e. The Bertz CT molecular complexity index is 837. The van der Waals surface area contributed by atoms with Crippen molar-refractivity contribution in [3.63, 3.8) is 0 Å². The van der Waals surface area contributed by atoms with Gasteiger partial charge in [-0.2, -0.15) is 0 Å². The molecule has 5 nitrogen and oxygen atoms in total. The fourth-order valence-corrected chi connectivity index (χ4v) is 2.79. The molecule has 27 heavy (non-hydrogen) atoms. The average Bonchev–Trinajstić information content (AvgIpc) is 2.64. The van der Waals surface area contributed by atoms with E-state index in [9.17, 15) is 14.0 Å². The molecule has 1 amide bonds. The lowest BCUT2D eigenvalue weighted by Crippen LogP contribution is -2.34. The van der Waals surface area contributed by atoms with Crippen molar-refractivity contribution in [2.45, 2.75) is 32.7 Å². The lowest BCUT2D eigenvalue weighted by Gasteiger charge is -2.16. The second-order valence-corrected chi connectivity index (χ2v) is 6.44. The normalized spacial score (nSPS) is 10.7. The number of nitrogens with one attached hydrogen (secondary N) is 1. The number of hydrogen-bond acceptors (Lipinski definition) is 3. The van der Waals surface area contributed by atoms with Crippen LogP contribution in [0, 0.1) is 5.82 Å². The lowest BCUT2D eigenvalue weighted by molar-refractivity contribution is -0.139. The van der Waals surface area contributed by atoms with Crippen LogP contribution in [0.5, 0.6) is 5.75 Å². The van der Waals surface area contributed by atoms with Crippen molar-refractivity contribution >= 4 is 23.5 Å². The quantitative estimate of drug-likeness (QED) is 0.691. The molecular weight excluding hydrogens is 373 g/mol. The number of carboxylic acids is 1. The number of carboxylic acid groups (broad SMARTS) is 1. The summed E-state index contributed by atoms with van der Waals surface area (Å²) in [4.78, 5) is 23.0. The van der Waals surface area contributed by atoms with E-state index in [0.717, 1.165) is 12.8 Å². The van der Waals surface area contributed by atoms with E-state index in [1.807, 2.05) is 13.8 Å². The molecule has 0 bridgehead atoms. The summed E-state index contributed by atoms with van der Waals surface area (Å²) in [5.74, 6) is -2.02. The zero-order valence-corrected chi connectivity index (χ0v) is 15.8. The van der Waals surface area contributed by atoms with Gasteiger partial charge in [0.15, 0.2) is 6.61 Å². The maximum absolute atomic E-state index is 14.6. The lowest BCUT2D eigenvalue weighted by atomic mass is 10.0. The number of hydrogen-bond donors (Lipinski definition) is 2. The predicted molar refractivity (Wildman–Crippen MR) is 102 cm³/mol. The Kier molecular flexibility index (Phi) is 7.19. The van der Waals surface area contributed by atoms with Crippen LogP contribution < -0.4 is 10.1 Å². The van der Waals surface area contributed by atoms with Crippen LogP contribution >= 0.6 is 11.6 Å². The third kappa shape index (κ3) is 5.44.